The van der Waals surface area contributed by atoms with Gasteiger partial charge in [-0.15, -0.1) is 0 Å². The zero-order valence-corrected chi connectivity index (χ0v) is 20.9. The number of fused-ring (bicyclic) bond motifs is 2. The number of sulfone groups is 1. The molecular weight excluding hydrogens is 512 g/mol. The second-order valence-corrected chi connectivity index (χ2v) is 11.8. The van der Waals surface area contributed by atoms with Crippen molar-refractivity contribution >= 4 is 43.4 Å². The largest absolute Gasteiger partial charge is 0.465 e. The highest BCUT2D eigenvalue weighted by atomic mass is 79.9. The molecule has 0 aliphatic carbocycles. The van der Waals surface area contributed by atoms with E-state index in [1.807, 2.05) is 6.07 Å². The molecule has 3 aliphatic rings. The molecule has 11 heteroatoms. The number of anilines is 2. The summed E-state index contributed by atoms with van der Waals surface area (Å²) in [6.45, 7) is 2.80. The number of hydrogen-bond acceptors (Lipinski definition) is 6. The van der Waals surface area contributed by atoms with Gasteiger partial charge in [0.25, 0.3) is 0 Å². The van der Waals surface area contributed by atoms with Crippen LogP contribution in [0.4, 0.5) is 16.3 Å². The number of nitrogens with zero attached hydrogens (tertiary/aromatic N) is 4. The fraction of sp³-hybridized carbons (Fsp3) is 0.545. The Bertz CT molecular complexity index is 1210. The minimum absolute atomic E-state index is 0.221. The highest BCUT2D eigenvalue weighted by molar-refractivity contribution is 9.10. The topological polar surface area (TPSA) is 105 Å². The smallest absolute Gasteiger partial charge is 0.407 e. The minimum Gasteiger partial charge on any atom is -0.465 e. The van der Waals surface area contributed by atoms with Gasteiger partial charge in [0.05, 0.1) is 17.5 Å². The first-order valence-corrected chi connectivity index (χ1v) is 13.9. The number of ether oxygens (including phenoxy) is 1. The first kappa shape index (κ1) is 22.7. The number of aromatic nitrogens is 2. The number of hydrogen-bond donors (Lipinski definition) is 1. The number of aryl methyl sites for hydroxylation is 1. The van der Waals surface area contributed by atoms with E-state index in [1.54, 1.807) is 6.07 Å². The van der Waals surface area contributed by atoms with Crippen LogP contribution in [0.1, 0.15) is 42.1 Å². The van der Waals surface area contributed by atoms with Crippen molar-refractivity contribution in [1.82, 2.24) is 14.7 Å². The lowest BCUT2D eigenvalue weighted by molar-refractivity contribution is 0.0650. The van der Waals surface area contributed by atoms with Gasteiger partial charge in [0.2, 0.25) is 0 Å². The van der Waals surface area contributed by atoms with Crippen LogP contribution in [0, 0.1) is 0 Å². The van der Waals surface area contributed by atoms with Gasteiger partial charge in [0, 0.05) is 60.4 Å². The van der Waals surface area contributed by atoms with Gasteiger partial charge in [-0.05, 0) is 59.3 Å². The Kier molecular flexibility index (Phi) is 5.90. The van der Waals surface area contributed by atoms with Crippen LogP contribution in [0.3, 0.4) is 0 Å². The highest BCUT2D eigenvalue weighted by Crippen LogP contribution is 2.41. The van der Waals surface area contributed by atoms with Crippen LogP contribution in [0.5, 0.6) is 0 Å². The summed E-state index contributed by atoms with van der Waals surface area (Å²) in [7, 11) is -3.42. The van der Waals surface area contributed by atoms with Gasteiger partial charge in [-0.25, -0.2) is 13.2 Å². The molecule has 9 nitrogen and oxygen atoms in total. The van der Waals surface area contributed by atoms with Crippen LogP contribution in [-0.2, 0) is 34.0 Å². The second kappa shape index (κ2) is 8.59. The lowest BCUT2D eigenvalue weighted by atomic mass is 10.00. The number of carboxylic acid groups (broad SMARTS) is 1. The van der Waals surface area contributed by atoms with Gasteiger partial charge in [-0.3, -0.25) is 4.68 Å². The van der Waals surface area contributed by atoms with Crippen LogP contribution >= 0.6 is 15.9 Å². The zero-order valence-electron chi connectivity index (χ0n) is 18.5. The monoisotopic (exact) mass is 538 g/mol. The fourth-order valence-electron chi connectivity index (χ4n) is 5.13. The number of rotatable bonds is 3. The summed E-state index contributed by atoms with van der Waals surface area (Å²) in [5, 5.41) is 14.7. The van der Waals surface area contributed by atoms with Crippen molar-refractivity contribution in [2.24, 2.45) is 0 Å². The third-order valence-electron chi connectivity index (χ3n) is 6.78. The molecule has 1 aromatic heterocycles. The van der Waals surface area contributed by atoms with Gasteiger partial charge >= 0.3 is 6.09 Å². The van der Waals surface area contributed by atoms with Crippen LogP contribution in [0.2, 0.25) is 0 Å². The summed E-state index contributed by atoms with van der Waals surface area (Å²) in [5.41, 5.74) is 3.89. The predicted molar refractivity (Wildman–Crippen MR) is 126 cm³/mol. The van der Waals surface area contributed by atoms with Gasteiger partial charge < -0.3 is 19.6 Å². The van der Waals surface area contributed by atoms with Gasteiger partial charge in [0.15, 0.2) is 15.7 Å². The van der Waals surface area contributed by atoms with E-state index in [4.69, 9.17) is 9.84 Å². The molecule has 1 saturated heterocycles. The van der Waals surface area contributed by atoms with Crippen molar-refractivity contribution in [3.05, 3.63) is 33.4 Å². The molecule has 3 aliphatic heterocycles. The Hall–Kier alpha value is -2.11. The average Bonchev–Trinajstić information content (AvgIpc) is 3.16. The quantitative estimate of drug-likeness (QED) is 0.637. The van der Waals surface area contributed by atoms with Gasteiger partial charge in [-0.2, -0.15) is 5.10 Å². The molecule has 1 N–H and O–H groups in total. The molecule has 1 amide bonds. The van der Waals surface area contributed by atoms with Crippen LogP contribution < -0.4 is 4.90 Å². The van der Waals surface area contributed by atoms with Gasteiger partial charge in [-0.1, -0.05) is 0 Å². The minimum atomic E-state index is -3.42. The predicted octanol–water partition coefficient (Wildman–Crippen LogP) is 3.52. The van der Waals surface area contributed by atoms with E-state index >= 15 is 0 Å². The number of benzene rings is 1. The molecule has 0 unspecified atom stereocenters. The van der Waals surface area contributed by atoms with E-state index in [0.29, 0.717) is 37.2 Å². The second-order valence-electron chi connectivity index (χ2n) is 8.93. The van der Waals surface area contributed by atoms with Crippen LogP contribution in [-0.4, -0.2) is 66.9 Å². The number of carbonyl (C=O) groups is 1. The number of halogens is 1. The summed E-state index contributed by atoms with van der Waals surface area (Å²) in [6.07, 6.45) is 4.38. The SMILES string of the molecule is CS(=O)(=O)c1cc2c(cc1Br)CCCN2c1nn(C2CCOCC2)c2c1CN(C(=O)O)CC2. The van der Waals surface area contributed by atoms with Gasteiger partial charge in [0.1, 0.15) is 0 Å². The van der Waals surface area contributed by atoms with E-state index in [2.05, 4.69) is 25.5 Å². The molecule has 0 bridgehead atoms. The first-order chi connectivity index (χ1) is 15.7. The molecule has 0 radical (unpaired) electrons. The molecule has 178 valence electrons. The molecule has 4 heterocycles. The maximum atomic E-state index is 12.4. The van der Waals surface area contributed by atoms with E-state index in [1.165, 1.54) is 11.2 Å². The third-order valence-corrected chi connectivity index (χ3v) is 8.83. The van der Waals surface area contributed by atoms with Crippen molar-refractivity contribution in [2.45, 2.75) is 49.6 Å². The summed E-state index contributed by atoms with van der Waals surface area (Å²) in [5.74, 6) is 0.741. The Morgan fingerprint density at radius 1 is 1.21 bits per heavy atom. The number of amides is 1. The van der Waals surface area contributed by atoms with Crippen molar-refractivity contribution < 1.29 is 23.1 Å². The molecule has 33 heavy (non-hydrogen) atoms. The Morgan fingerprint density at radius 3 is 2.67 bits per heavy atom. The summed E-state index contributed by atoms with van der Waals surface area (Å²) < 4.78 is 33.0. The van der Waals surface area contributed by atoms with E-state index in [0.717, 1.165) is 54.0 Å². The Morgan fingerprint density at radius 2 is 1.97 bits per heavy atom. The van der Waals surface area contributed by atoms with Crippen molar-refractivity contribution in [2.75, 3.05) is 37.5 Å². The third kappa shape index (κ3) is 4.15. The molecule has 0 saturated carbocycles. The van der Waals surface area contributed by atoms with Crippen LogP contribution in [0.15, 0.2) is 21.5 Å². The molecule has 2 aromatic rings. The maximum Gasteiger partial charge on any atom is 0.407 e. The van der Waals surface area contributed by atoms with Crippen molar-refractivity contribution in [3.63, 3.8) is 0 Å². The Labute approximate surface area is 201 Å². The molecule has 1 aromatic carbocycles. The molecule has 0 atom stereocenters. The zero-order chi connectivity index (χ0) is 23.3. The summed E-state index contributed by atoms with van der Waals surface area (Å²) >= 11 is 3.43. The first-order valence-electron chi connectivity index (χ1n) is 11.2. The summed E-state index contributed by atoms with van der Waals surface area (Å²) in [4.78, 5) is 15.5. The maximum absolute atomic E-state index is 12.4. The highest BCUT2D eigenvalue weighted by Gasteiger charge is 2.34. The van der Waals surface area contributed by atoms with E-state index < -0.39 is 15.9 Å². The standard InChI is InChI=1S/C22H27BrN4O5S/c1-33(30,31)20-12-19-14(11-17(20)23)3-2-7-26(19)21-16-13-25(22(28)29)8-4-18(16)27(24-21)15-5-9-32-10-6-15/h11-12,15H,2-10,13H2,1H3,(H,28,29). The fourth-order valence-corrected chi connectivity index (χ4v) is 7.14. The molecular formula is C22H27BrN4O5S. The van der Waals surface area contributed by atoms with E-state index in [9.17, 15) is 18.3 Å². The normalized spacial score (nSPS) is 19.3. The Balaban J connectivity index is 1.64. The average molecular weight is 539 g/mol. The van der Waals surface area contributed by atoms with Crippen LogP contribution in [0.25, 0.3) is 0 Å². The molecule has 0 spiro atoms. The molecule has 1 fully saturated rings. The lowest BCUT2D eigenvalue weighted by Crippen LogP contribution is -2.36. The summed E-state index contributed by atoms with van der Waals surface area (Å²) in [6, 6.07) is 3.84. The molecule has 5 rings (SSSR count). The lowest BCUT2D eigenvalue weighted by Gasteiger charge is -2.32. The van der Waals surface area contributed by atoms with Crippen molar-refractivity contribution in [3.8, 4) is 0 Å². The van der Waals surface area contributed by atoms with Crippen molar-refractivity contribution in [1.29, 1.82) is 0 Å². The van der Waals surface area contributed by atoms with E-state index in [-0.39, 0.29) is 17.5 Å².